The number of aromatic carboxylic acids is 1. The fourth-order valence-electron chi connectivity index (χ4n) is 3.09. The molecule has 8 nitrogen and oxygen atoms in total. The maximum Gasteiger partial charge on any atom is 0.336 e. The Morgan fingerprint density at radius 1 is 1.27 bits per heavy atom. The predicted molar refractivity (Wildman–Crippen MR) is 95.7 cm³/mol. The van der Waals surface area contributed by atoms with Crippen LogP contribution in [0, 0.1) is 0 Å². The molecule has 1 fully saturated rings. The number of nitrogens with zero attached hydrogens (tertiary/aromatic N) is 4. The molecule has 1 saturated heterocycles. The van der Waals surface area contributed by atoms with Crippen LogP contribution in [0.15, 0.2) is 36.7 Å². The zero-order chi connectivity index (χ0) is 18.9. The van der Waals surface area contributed by atoms with Gasteiger partial charge in [-0.25, -0.2) is 9.78 Å². The Balaban J connectivity index is 2.02. The molecule has 1 unspecified atom stereocenters. The molecule has 0 aliphatic carbocycles. The monoisotopic (exact) mass is 376 g/mol. The lowest BCUT2D eigenvalue weighted by Crippen LogP contribution is -2.39. The number of benzene rings is 1. The first-order valence-corrected chi connectivity index (χ1v) is 9.56. The first-order valence-electron chi connectivity index (χ1n) is 8.16. The van der Waals surface area contributed by atoms with Gasteiger partial charge >= 0.3 is 5.97 Å². The molecule has 3 rings (SSSR count). The number of carboxylic acids is 1. The van der Waals surface area contributed by atoms with Crippen LogP contribution in [0.4, 0.5) is 0 Å². The summed E-state index contributed by atoms with van der Waals surface area (Å²) in [5, 5.41) is 9.38. The third-order valence-electron chi connectivity index (χ3n) is 4.39. The van der Waals surface area contributed by atoms with Gasteiger partial charge in [-0.3, -0.25) is 4.98 Å². The second kappa shape index (κ2) is 7.10. The Hall–Kier alpha value is -2.36. The van der Waals surface area contributed by atoms with Crippen molar-refractivity contribution in [2.24, 2.45) is 0 Å². The number of rotatable bonds is 5. The van der Waals surface area contributed by atoms with Gasteiger partial charge in [0.25, 0.3) is 10.2 Å². The van der Waals surface area contributed by atoms with Gasteiger partial charge in [-0.15, -0.1) is 0 Å². The number of carboxylic acid groups (broad SMARTS) is 1. The van der Waals surface area contributed by atoms with E-state index in [0.717, 1.165) is 6.42 Å². The minimum absolute atomic E-state index is 0.128. The fraction of sp³-hybridized carbons (Fsp3) is 0.353. The van der Waals surface area contributed by atoms with Crippen molar-refractivity contribution < 1.29 is 18.3 Å². The maximum absolute atomic E-state index is 12.5. The molecule has 0 radical (unpaired) electrons. The van der Waals surface area contributed by atoms with Crippen molar-refractivity contribution in [2.75, 3.05) is 20.6 Å². The average Bonchev–Trinajstić information content (AvgIpc) is 3.12. The standard InChI is InChI=1S/C17H20N4O4S/c1-20(2)26(24,25)21-9-5-8-16(21)15-11-18-10-14(19-15)12-6-3-4-7-13(12)17(22)23/h3-4,6-7,10-11,16H,5,8-9H2,1-2H3,(H,22,23). The molecular weight excluding hydrogens is 356 g/mol. The van der Waals surface area contributed by atoms with E-state index in [1.54, 1.807) is 24.4 Å². The van der Waals surface area contributed by atoms with Crippen LogP contribution in [-0.2, 0) is 10.2 Å². The van der Waals surface area contributed by atoms with Gasteiger partial charge in [0.15, 0.2) is 0 Å². The highest BCUT2D eigenvalue weighted by atomic mass is 32.2. The molecule has 0 bridgehead atoms. The lowest BCUT2D eigenvalue weighted by Gasteiger charge is -2.26. The van der Waals surface area contributed by atoms with Crippen LogP contribution >= 0.6 is 0 Å². The molecule has 0 spiro atoms. The molecule has 1 aromatic heterocycles. The van der Waals surface area contributed by atoms with Crippen molar-refractivity contribution in [1.82, 2.24) is 18.6 Å². The molecule has 2 heterocycles. The van der Waals surface area contributed by atoms with Crippen LogP contribution in [0.5, 0.6) is 0 Å². The quantitative estimate of drug-likeness (QED) is 0.853. The van der Waals surface area contributed by atoms with Crippen LogP contribution in [0.2, 0.25) is 0 Å². The van der Waals surface area contributed by atoms with E-state index >= 15 is 0 Å². The lowest BCUT2D eigenvalue weighted by molar-refractivity contribution is 0.0697. The largest absolute Gasteiger partial charge is 0.478 e. The molecule has 138 valence electrons. The van der Waals surface area contributed by atoms with Crippen molar-refractivity contribution >= 4 is 16.2 Å². The minimum atomic E-state index is -3.57. The van der Waals surface area contributed by atoms with Crippen molar-refractivity contribution in [1.29, 1.82) is 0 Å². The van der Waals surface area contributed by atoms with Crippen LogP contribution in [0.1, 0.15) is 34.9 Å². The molecule has 1 atom stereocenters. The van der Waals surface area contributed by atoms with Crippen molar-refractivity contribution in [2.45, 2.75) is 18.9 Å². The van der Waals surface area contributed by atoms with Gasteiger partial charge in [0.2, 0.25) is 0 Å². The number of carbonyl (C=O) groups is 1. The zero-order valence-electron chi connectivity index (χ0n) is 14.5. The average molecular weight is 376 g/mol. The van der Waals surface area contributed by atoms with Gasteiger partial charge in [-0.05, 0) is 18.9 Å². The van der Waals surface area contributed by atoms with Gasteiger partial charge in [-0.2, -0.15) is 17.0 Å². The second-order valence-electron chi connectivity index (χ2n) is 6.24. The molecule has 1 aromatic carbocycles. The first-order chi connectivity index (χ1) is 12.3. The van der Waals surface area contributed by atoms with E-state index in [9.17, 15) is 18.3 Å². The molecule has 1 N–H and O–H groups in total. The van der Waals surface area contributed by atoms with E-state index in [1.807, 2.05) is 0 Å². The Kier molecular flexibility index (Phi) is 5.03. The van der Waals surface area contributed by atoms with Crippen molar-refractivity contribution in [3.05, 3.63) is 47.9 Å². The van der Waals surface area contributed by atoms with Crippen LogP contribution < -0.4 is 0 Å². The first kappa shape index (κ1) is 18.4. The van der Waals surface area contributed by atoms with Crippen LogP contribution in [0.25, 0.3) is 11.3 Å². The molecular formula is C17H20N4O4S. The normalized spacial score (nSPS) is 18.3. The maximum atomic E-state index is 12.5. The number of aromatic nitrogens is 2. The van der Waals surface area contributed by atoms with E-state index in [4.69, 9.17) is 0 Å². The summed E-state index contributed by atoms with van der Waals surface area (Å²) >= 11 is 0. The smallest absolute Gasteiger partial charge is 0.336 e. The van der Waals surface area contributed by atoms with Gasteiger partial charge in [-0.1, -0.05) is 18.2 Å². The Labute approximate surface area is 152 Å². The number of hydrogen-bond donors (Lipinski definition) is 1. The van der Waals surface area contributed by atoms with Crippen LogP contribution in [0.3, 0.4) is 0 Å². The Bertz CT molecular complexity index is 930. The molecule has 1 aliphatic rings. The summed E-state index contributed by atoms with van der Waals surface area (Å²) in [6.45, 7) is 0.419. The molecule has 2 aromatic rings. The minimum Gasteiger partial charge on any atom is -0.478 e. The van der Waals surface area contributed by atoms with E-state index in [1.165, 1.54) is 35.0 Å². The zero-order valence-corrected chi connectivity index (χ0v) is 15.3. The molecule has 1 aliphatic heterocycles. The van der Waals surface area contributed by atoms with Crippen molar-refractivity contribution in [3.8, 4) is 11.3 Å². The molecule has 26 heavy (non-hydrogen) atoms. The summed E-state index contributed by atoms with van der Waals surface area (Å²) < 4.78 is 27.7. The molecule has 0 saturated carbocycles. The van der Waals surface area contributed by atoms with E-state index in [-0.39, 0.29) is 5.56 Å². The van der Waals surface area contributed by atoms with Gasteiger partial charge in [0.05, 0.1) is 35.4 Å². The third-order valence-corrected chi connectivity index (χ3v) is 6.34. The van der Waals surface area contributed by atoms with E-state index < -0.39 is 22.2 Å². The lowest BCUT2D eigenvalue weighted by atomic mass is 10.0. The van der Waals surface area contributed by atoms with Gasteiger partial charge < -0.3 is 5.11 Å². The summed E-state index contributed by atoms with van der Waals surface area (Å²) in [5.41, 5.74) is 1.51. The van der Waals surface area contributed by atoms with Crippen LogP contribution in [-0.4, -0.2) is 58.7 Å². The van der Waals surface area contributed by atoms with E-state index in [0.29, 0.717) is 29.9 Å². The summed E-state index contributed by atoms with van der Waals surface area (Å²) in [5.74, 6) is -1.05. The van der Waals surface area contributed by atoms with Gasteiger partial charge in [0, 0.05) is 26.2 Å². The predicted octanol–water partition coefficient (Wildman–Crippen LogP) is 1.79. The second-order valence-corrected chi connectivity index (χ2v) is 8.33. The highest BCUT2D eigenvalue weighted by Crippen LogP contribution is 2.34. The molecule has 9 heteroatoms. The summed E-state index contributed by atoms with van der Waals surface area (Å²) in [6, 6.07) is 6.14. The topological polar surface area (TPSA) is 104 Å². The SMILES string of the molecule is CN(C)S(=O)(=O)N1CCCC1c1cncc(-c2ccccc2C(=O)O)n1. The highest BCUT2D eigenvalue weighted by molar-refractivity contribution is 7.86. The fourth-order valence-corrected chi connectivity index (χ4v) is 4.40. The number of hydrogen-bond acceptors (Lipinski definition) is 5. The summed E-state index contributed by atoms with van der Waals surface area (Å²) in [4.78, 5) is 20.2. The Morgan fingerprint density at radius 3 is 2.69 bits per heavy atom. The highest BCUT2D eigenvalue weighted by Gasteiger charge is 2.37. The summed E-state index contributed by atoms with van der Waals surface area (Å²) in [6.07, 6.45) is 4.41. The molecule has 0 amide bonds. The third kappa shape index (κ3) is 3.33. The van der Waals surface area contributed by atoms with E-state index in [2.05, 4.69) is 9.97 Å². The Morgan fingerprint density at radius 2 is 2.00 bits per heavy atom. The van der Waals surface area contributed by atoms with Crippen molar-refractivity contribution in [3.63, 3.8) is 0 Å². The van der Waals surface area contributed by atoms with Gasteiger partial charge in [0.1, 0.15) is 0 Å². The summed E-state index contributed by atoms with van der Waals surface area (Å²) in [7, 11) is -0.576.